The molecule has 2 atom stereocenters. The molecule has 1 saturated carbocycles. The number of benzene rings is 1. The van der Waals surface area contributed by atoms with Gasteiger partial charge < -0.3 is 5.32 Å². The summed E-state index contributed by atoms with van der Waals surface area (Å²) in [5, 5.41) is 3.85. The summed E-state index contributed by atoms with van der Waals surface area (Å²) >= 11 is 5.75. The molecular formula is C14H19ClFN. The highest BCUT2D eigenvalue weighted by atomic mass is 35.5. The van der Waals surface area contributed by atoms with Crippen LogP contribution in [-0.4, -0.2) is 13.1 Å². The van der Waals surface area contributed by atoms with Gasteiger partial charge in [-0.05, 0) is 61.9 Å². The summed E-state index contributed by atoms with van der Waals surface area (Å²) in [6.45, 7) is 4.20. The summed E-state index contributed by atoms with van der Waals surface area (Å²) < 4.78 is 13.7. The van der Waals surface area contributed by atoms with Crippen molar-refractivity contribution >= 4 is 11.6 Å². The van der Waals surface area contributed by atoms with Crippen LogP contribution < -0.4 is 5.32 Å². The van der Waals surface area contributed by atoms with Crippen molar-refractivity contribution in [3.05, 3.63) is 34.6 Å². The van der Waals surface area contributed by atoms with Crippen LogP contribution in [0.2, 0.25) is 5.02 Å². The molecule has 0 saturated heterocycles. The van der Waals surface area contributed by atoms with Gasteiger partial charge in [-0.1, -0.05) is 24.6 Å². The van der Waals surface area contributed by atoms with Crippen molar-refractivity contribution in [3.63, 3.8) is 0 Å². The number of nitrogens with one attached hydrogen (secondary N) is 1. The maximum atomic E-state index is 13.7. The van der Waals surface area contributed by atoms with Crippen LogP contribution in [0, 0.1) is 17.7 Å². The Bertz CT molecular complexity index is 380. The Balaban J connectivity index is 1.92. The third-order valence-electron chi connectivity index (χ3n) is 3.73. The predicted molar refractivity (Wildman–Crippen MR) is 69.9 cm³/mol. The highest BCUT2D eigenvalue weighted by molar-refractivity contribution is 6.30. The zero-order valence-corrected chi connectivity index (χ0v) is 10.9. The van der Waals surface area contributed by atoms with Crippen molar-refractivity contribution in [2.75, 3.05) is 13.1 Å². The van der Waals surface area contributed by atoms with Crippen molar-refractivity contribution in [2.45, 2.75) is 26.2 Å². The molecule has 1 aliphatic carbocycles. The summed E-state index contributed by atoms with van der Waals surface area (Å²) in [6.07, 6.45) is 3.34. The molecule has 0 heterocycles. The van der Waals surface area contributed by atoms with E-state index in [0.29, 0.717) is 16.9 Å². The molecule has 0 bridgehead atoms. The molecule has 0 aliphatic heterocycles. The Morgan fingerprint density at radius 3 is 2.71 bits per heavy atom. The molecule has 1 N–H and O–H groups in total. The molecule has 0 aromatic heterocycles. The minimum absolute atomic E-state index is 0.161. The molecule has 1 aromatic carbocycles. The lowest BCUT2D eigenvalue weighted by atomic mass is 9.70. The maximum Gasteiger partial charge on any atom is 0.127 e. The van der Waals surface area contributed by atoms with E-state index in [4.69, 9.17) is 11.6 Å². The lowest BCUT2D eigenvalue weighted by Crippen LogP contribution is -2.36. The van der Waals surface area contributed by atoms with E-state index < -0.39 is 0 Å². The summed E-state index contributed by atoms with van der Waals surface area (Å²) in [4.78, 5) is 0. The molecule has 0 amide bonds. The molecule has 1 fully saturated rings. The average molecular weight is 256 g/mol. The Morgan fingerprint density at radius 1 is 1.35 bits per heavy atom. The molecule has 94 valence electrons. The van der Waals surface area contributed by atoms with Gasteiger partial charge in [0.15, 0.2) is 0 Å². The van der Waals surface area contributed by atoms with E-state index in [1.54, 1.807) is 6.07 Å². The molecule has 1 aliphatic rings. The quantitative estimate of drug-likeness (QED) is 0.847. The fourth-order valence-corrected chi connectivity index (χ4v) is 2.63. The van der Waals surface area contributed by atoms with Gasteiger partial charge in [0, 0.05) is 5.02 Å². The van der Waals surface area contributed by atoms with Gasteiger partial charge in [-0.3, -0.25) is 0 Å². The number of rotatable bonds is 5. The van der Waals surface area contributed by atoms with Crippen LogP contribution in [0.3, 0.4) is 0 Å². The van der Waals surface area contributed by atoms with Crippen LogP contribution in [0.1, 0.15) is 25.3 Å². The summed E-state index contributed by atoms with van der Waals surface area (Å²) in [7, 11) is 0. The Morgan fingerprint density at radius 2 is 2.12 bits per heavy atom. The third kappa shape index (κ3) is 3.20. The topological polar surface area (TPSA) is 12.0 Å². The normalized spacial score (nSPS) is 23.5. The Labute approximate surface area is 107 Å². The molecule has 0 spiro atoms. The Hall–Kier alpha value is -0.600. The van der Waals surface area contributed by atoms with Crippen molar-refractivity contribution in [3.8, 4) is 0 Å². The van der Waals surface area contributed by atoms with Crippen molar-refractivity contribution in [2.24, 2.45) is 11.8 Å². The van der Waals surface area contributed by atoms with Gasteiger partial charge in [0.2, 0.25) is 0 Å². The predicted octanol–water partition coefficient (Wildman–Crippen LogP) is 3.66. The highest BCUT2D eigenvalue weighted by Crippen LogP contribution is 2.36. The number of hydrogen-bond donors (Lipinski definition) is 1. The van der Waals surface area contributed by atoms with Gasteiger partial charge in [0.25, 0.3) is 0 Å². The van der Waals surface area contributed by atoms with Crippen LogP contribution >= 0.6 is 11.6 Å². The standard InChI is InChI=1S/C14H19ClFN/c1-2-17-9-12-4-3-10(12)7-11-5-6-13(15)8-14(11)16/h5-6,8,10,12,17H,2-4,7,9H2,1H3. The monoisotopic (exact) mass is 255 g/mol. The third-order valence-corrected chi connectivity index (χ3v) is 3.96. The fourth-order valence-electron chi connectivity index (χ4n) is 2.47. The summed E-state index contributed by atoms with van der Waals surface area (Å²) in [5.74, 6) is 1.18. The van der Waals surface area contributed by atoms with Crippen LogP contribution in [0.15, 0.2) is 18.2 Å². The van der Waals surface area contributed by atoms with Crippen molar-refractivity contribution in [1.29, 1.82) is 0 Å². The van der Waals surface area contributed by atoms with Crippen LogP contribution in [0.5, 0.6) is 0 Å². The zero-order valence-electron chi connectivity index (χ0n) is 10.2. The van der Waals surface area contributed by atoms with Gasteiger partial charge in [-0.15, -0.1) is 0 Å². The largest absolute Gasteiger partial charge is 0.317 e. The van der Waals surface area contributed by atoms with Crippen LogP contribution in [-0.2, 0) is 6.42 Å². The van der Waals surface area contributed by atoms with E-state index in [2.05, 4.69) is 12.2 Å². The van der Waals surface area contributed by atoms with E-state index in [-0.39, 0.29) is 5.82 Å². The summed E-state index contributed by atoms with van der Waals surface area (Å²) in [5.41, 5.74) is 0.806. The molecule has 17 heavy (non-hydrogen) atoms. The minimum Gasteiger partial charge on any atom is -0.317 e. The minimum atomic E-state index is -0.161. The number of hydrogen-bond acceptors (Lipinski definition) is 1. The molecule has 1 aromatic rings. The van der Waals surface area contributed by atoms with Gasteiger partial charge in [0.1, 0.15) is 5.82 Å². The average Bonchev–Trinajstić information content (AvgIpc) is 2.27. The van der Waals surface area contributed by atoms with Crippen LogP contribution in [0.4, 0.5) is 4.39 Å². The van der Waals surface area contributed by atoms with E-state index in [1.165, 1.54) is 18.9 Å². The molecule has 2 unspecified atom stereocenters. The second-order valence-electron chi connectivity index (χ2n) is 4.85. The summed E-state index contributed by atoms with van der Waals surface area (Å²) in [6, 6.07) is 5.01. The second kappa shape index (κ2) is 5.83. The Kier molecular flexibility index (Phi) is 4.41. The first-order valence-corrected chi connectivity index (χ1v) is 6.73. The molecular weight excluding hydrogens is 237 g/mol. The number of halogens is 2. The molecule has 1 nitrogen and oxygen atoms in total. The van der Waals surface area contributed by atoms with Crippen molar-refractivity contribution in [1.82, 2.24) is 5.32 Å². The first kappa shape index (κ1) is 12.8. The second-order valence-corrected chi connectivity index (χ2v) is 5.28. The van der Waals surface area contributed by atoms with Gasteiger partial charge in [0.05, 0.1) is 0 Å². The van der Waals surface area contributed by atoms with Crippen molar-refractivity contribution < 1.29 is 4.39 Å². The lowest BCUT2D eigenvalue weighted by molar-refractivity contribution is 0.170. The van der Waals surface area contributed by atoms with Gasteiger partial charge in [-0.2, -0.15) is 0 Å². The smallest absolute Gasteiger partial charge is 0.127 e. The molecule has 2 rings (SSSR count). The lowest BCUT2D eigenvalue weighted by Gasteiger charge is -2.37. The first-order valence-electron chi connectivity index (χ1n) is 6.35. The van der Waals surface area contributed by atoms with E-state index >= 15 is 0 Å². The molecule has 0 radical (unpaired) electrons. The van der Waals surface area contributed by atoms with Gasteiger partial charge >= 0.3 is 0 Å². The first-order chi connectivity index (χ1) is 8.20. The highest BCUT2D eigenvalue weighted by Gasteiger charge is 2.30. The van der Waals surface area contributed by atoms with E-state index in [0.717, 1.165) is 25.1 Å². The SMILES string of the molecule is CCNCC1CCC1Cc1ccc(Cl)cc1F. The fraction of sp³-hybridized carbons (Fsp3) is 0.571. The maximum absolute atomic E-state index is 13.7. The van der Waals surface area contributed by atoms with E-state index in [9.17, 15) is 4.39 Å². The molecule has 3 heteroatoms. The van der Waals surface area contributed by atoms with Gasteiger partial charge in [-0.25, -0.2) is 4.39 Å². The van der Waals surface area contributed by atoms with Crippen LogP contribution in [0.25, 0.3) is 0 Å². The zero-order chi connectivity index (χ0) is 12.3. The van der Waals surface area contributed by atoms with E-state index in [1.807, 2.05) is 6.07 Å².